The van der Waals surface area contributed by atoms with E-state index in [1.807, 2.05) is 25.1 Å². The number of pyridine rings is 2. The van der Waals surface area contributed by atoms with Crippen molar-refractivity contribution < 1.29 is 4.79 Å². The summed E-state index contributed by atoms with van der Waals surface area (Å²) in [5.74, 6) is 5.35. The van der Waals surface area contributed by atoms with Gasteiger partial charge in [-0.05, 0) is 31.2 Å². The summed E-state index contributed by atoms with van der Waals surface area (Å²) in [5.41, 5.74) is 8.11. The van der Waals surface area contributed by atoms with Gasteiger partial charge in [0, 0.05) is 17.5 Å². The number of hydrogen-bond acceptors (Lipinski definition) is 4. The molecule has 0 bridgehead atoms. The van der Waals surface area contributed by atoms with E-state index in [-0.39, 0.29) is 5.91 Å². The van der Waals surface area contributed by atoms with Gasteiger partial charge in [-0.25, -0.2) is 4.98 Å². The Hall–Kier alpha value is -2.71. The lowest BCUT2D eigenvalue weighted by atomic mass is 10.2. The fraction of sp³-hybridized carbons (Fsp3) is 0.188. The zero-order chi connectivity index (χ0) is 15.1. The largest absolute Gasteiger partial charge is 0.345 e. The molecule has 0 fully saturated rings. The fourth-order valence-electron chi connectivity index (χ4n) is 1.71. The first kappa shape index (κ1) is 14.7. The van der Waals surface area contributed by atoms with Gasteiger partial charge < -0.3 is 11.1 Å². The van der Waals surface area contributed by atoms with E-state index in [0.29, 0.717) is 18.8 Å². The molecule has 3 N–H and O–H groups in total. The van der Waals surface area contributed by atoms with Crippen molar-refractivity contribution >= 4 is 5.91 Å². The first-order valence-electron chi connectivity index (χ1n) is 6.55. The van der Waals surface area contributed by atoms with Gasteiger partial charge in [0.05, 0.1) is 18.8 Å². The molecule has 2 aromatic rings. The molecule has 21 heavy (non-hydrogen) atoms. The van der Waals surface area contributed by atoms with E-state index in [9.17, 15) is 4.79 Å². The van der Waals surface area contributed by atoms with Gasteiger partial charge in [-0.15, -0.1) is 0 Å². The molecule has 0 atom stereocenters. The lowest BCUT2D eigenvalue weighted by Crippen LogP contribution is -2.24. The van der Waals surface area contributed by atoms with Gasteiger partial charge in [-0.1, -0.05) is 17.9 Å². The highest BCUT2D eigenvalue weighted by Crippen LogP contribution is 2.01. The monoisotopic (exact) mass is 280 g/mol. The maximum absolute atomic E-state index is 12.0. The first-order chi connectivity index (χ1) is 10.2. The molecule has 1 amide bonds. The molecule has 0 saturated carbocycles. The van der Waals surface area contributed by atoms with Gasteiger partial charge in [-0.3, -0.25) is 9.78 Å². The lowest BCUT2D eigenvalue weighted by molar-refractivity contribution is 0.0945. The van der Waals surface area contributed by atoms with Crippen LogP contribution >= 0.6 is 0 Å². The molecule has 0 unspecified atom stereocenters. The molecular weight excluding hydrogens is 264 g/mol. The molecule has 2 aromatic heterocycles. The van der Waals surface area contributed by atoms with Crippen molar-refractivity contribution in [2.45, 2.75) is 13.5 Å². The average Bonchev–Trinajstić information content (AvgIpc) is 2.51. The average molecular weight is 280 g/mol. The Kier molecular flexibility index (Phi) is 5.02. The van der Waals surface area contributed by atoms with E-state index in [0.717, 1.165) is 17.0 Å². The zero-order valence-corrected chi connectivity index (χ0v) is 11.8. The Bertz CT molecular complexity index is 683. The Morgan fingerprint density at radius 1 is 1.33 bits per heavy atom. The van der Waals surface area contributed by atoms with E-state index < -0.39 is 0 Å². The van der Waals surface area contributed by atoms with E-state index in [1.165, 1.54) is 0 Å². The Morgan fingerprint density at radius 3 is 2.86 bits per heavy atom. The molecule has 0 aliphatic heterocycles. The van der Waals surface area contributed by atoms with Crippen LogP contribution in [0.25, 0.3) is 0 Å². The van der Waals surface area contributed by atoms with Crippen molar-refractivity contribution in [3.63, 3.8) is 0 Å². The number of carbonyl (C=O) groups excluding carboxylic acids is 1. The predicted molar refractivity (Wildman–Crippen MR) is 80.3 cm³/mol. The van der Waals surface area contributed by atoms with Crippen LogP contribution in [0.3, 0.4) is 0 Å². The van der Waals surface area contributed by atoms with Crippen LogP contribution in [0.2, 0.25) is 0 Å². The molecule has 0 radical (unpaired) electrons. The topological polar surface area (TPSA) is 80.9 Å². The molecular formula is C16H16N4O. The van der Waals surface area contributed by atoms with Crippen molar-refractivity contribution in [3.8, 4) is 11.8 Å². The summed E-state index contributed by atoms with van der Waals surface area (Å²) in [6.07, 6.45) is 1.56. The zero-order valence-electron chi connectivity index (χ0n) is 11.8. The van der Waals surface area contributed by atoms with Gasteiger partial charge in [0.1, 0.15) is 5.69 Å². The maximum Gasteiger partial charge on any atom is 0.270 e. The molecule has 106 valence electrons. The Labute approximate surface area is 123 Å². The Morgan fingerprint density at radius 2 is 2.19 bits per heavy atom. The SMILES string of the molecule is Cc1cccc(CNC(=O)c2ccc(C#CCN)cn2)n1. The van der Waals surface area contributed by atoms with Gasteiger partial charge in [0.15, 0.2) is 0 Å². The number of rotatable bonds is 3. The van der Waals surface area contributed by atoms with Crippen LogP contribution in [0.15, 0.2) is 36.5 Å². The van der Waals surface area contributed by atoms with E-state index in [4.69, 9.17) is 5.73 Å². The standard InChI is InChI=1S/C16H16N4O/c1-12-4-2-6-14(20-12)11-19-16(21)15-8-7-13(10-18-15)5-3-9-17/h2,4,6-8,10H,9,11,17H2,1H3,(H,19,21). The molecule has 5 heteroatoms. The van der Waals surface area contributed by atoms with Crippen molar-refractivity contribution in [2.24, 2.45) is 5.73 Å². The van der Waals surface area contributed by atoms with Crippen molar-refractivity contribution in [1.29, 1.82) is 0 Å². The minimum absolute atomic E-state index is 0.239. The van der Waals surface area contributed by atoms with Crippen LogP contribution in [0.1, 0.15) is 27.4 Å². The van der Waals surface area contributed by atoms with Gasteiger partial charge >= 0.3 is 0 Å². The molecule has 0 aliphatic rings. The molecule has 2 rings (SSSR count). The molecule has 0 spiro atoms. The van der Waals surface area contributed by atoms with Crippen LogP contribution in [-0.2, 0) is 6.54 Å². The number of aryl methyl sites for hydroxylation is 1. The van der Waals surface area contributed by atoms with Crippen molar-refractivity contribution in [2.75, 3.05) is 6.54 Å². The summed E-state index contributed by atoms with van der Waals surface area (Å²) in [6, 6.07) is 9.07. The highest BCUT2D eigenvalue weighted by Gasteiger charge is 2.06. The quantitative estimate of drug-likeness (QED) is 0.823. The highest BCUT2D eigenvalue weighted by atomic mass is 16.1. The molecule has 0 aliphatic carbocycles. The van der Waals surface area contributed by atoms with Gasteiger partial charge in [0.25, 0.3) is 5.91 Å². The van der Waals surface area contributed by atoms with Crippen LogP contribution < -0.4 is 11.1 Å². The van der Waals surface area contributed by atoms with E-state index >= 15 is 0 Å². The number of amides is 1. The minimum atomic E-state index is -0.239. The molecule has 2 heterocycles. The van der Waals surface area contributed by atoms with Gasteiger partial charge in [0.2, 0.25) is 0 Å². The van der Waals surface area contributed by atoms with Crippen LogP contribution in [0.4, 0.5) is 0 Å². The van der Waals surface area contributed by atoms with Crippen LogP contribution in [0, 0.1) is 18.8 Å². The van der Waals surface area contributed by atoms with E-state index in [1.54, 1.807) is 18.3 Å². The van der Waals surface area contributed by atoms with Crippen molar-refractivity contribution in [3.05, 3.63) is 59.2 Å². The second-order valence-electron chi connectivity index (χ2n) is 4.39. The molecule has 5 nitrogen and oxygen atoms in total. The summed E-state index contributed by atoms with van der Waals surface area (Å²) in [4.78, 5) is 20.4. The Balaban J connectivity index is 1.97. The summed E-state index contributed by atoms with van der Waals surface area (Å²) in [7, 11) is 0. The summed E-state index contributed by atoms with van der Waals surface area (Å²) >= 11 is 0. The number of hydrogen-bond donors (Lipinski definition) is 2. The smallest absolute Gasteiger partial charge is 0.270 e. The molecule has 0 aromatic carbocycles. The van der Waals surface area contributed by atoms with Crippen molar-refractivity contribution in [1.82, 2.24) is 15.3 Å². The third kappa shape index (κ3) is 4.41. The number of nitrogens with zero attached hydrogens (tertiary/aromatic N) is 2. The summed E-state index contributed by atoms with van der Waals surface area (Å²) in [5, 5.41) is 2.79. The number of aromatic nitrogens is 2. The number of carbonyl (C=O) groups is 1. The van der Waals surface area contributed by atoms with E-state index in [2.05, 4.69) is 27.1 Å². The first-order valence-corrected chi connectivity index (χ1v) is 6.55. The predicted octanol–water partition coefficient (Wildman–Crippen LogP) is 1.03. The third-order valence-electron chi connectivity index (χ3n) is 2.71. The lowest BCUT2D eigenvalue weighted by Gasteiger charge is -2.05. The maximum atomic E-state index is 12.0. The summed E-state index contributed by atoms with van der Waals surface area (Å²) in [6.45, 7) is 2.58. The minimum Gasteiger partial charge on any atom is -0.345 e. The molecule has 0 saturated heterocycles. The fourth-order valence-corrected chi connectivity index (χ4v) is 1.71. The normalized spacial score (nSPS) is 9.62. The number of nitrogens with one attached hydrogen (secondary N) is 1. The van der Waals surface area contributed by atoms with Crippen LogP contribution in [0.5, 0.6) is 0 Å². The highest BCUT2D eigenvalue weighted by molar-refractivity contribution is 5.92. The second kappa shape index (κ2) is 7.17. The number of nitrogens with two attached hydrogens (primary N) is 1. The van der Waals surface area contributed by atoms with Crippen LogP contribution in [-0.4, -0.2) is 22.4 Å². The third-order valence-corrected chi connectivity index (χ3v) is 2.71. The van der Waals surface area contributed by atoms with Gasteiger partial charge in [-0.2, -0.15) is 0 Å². The second-order valence-corrected chi connectivity index (χ2v) is 4.39. The summed E-state index contributed by atoms with van der Waals surface area (Å²) < 4.78 is 0.